The van der Waals surface area contributed by atoms with E-state index in [4.69, 9.17) is 9.29 Å². The van der Waals surface area contributed by atoms with Crippen LogP contribution in [-0.4, -0.2) is 37.3 Å². The number of fused-ring (bicyclic) bond motifs is 1. The fraction of sp³-hybridized carbons (Fsp3) is 0.417. The highest BCUT2D eigenvalue weighted by Gasteiger charge is 2.20. The third-order valence-electron chi connectivity index (χ3n) is 2.99. The van der Waals surface area contributed by atoms with Gasteiger partial charge in [-0.1, -0.05) is 18.2 Å². The second kappa shape index (κ2) is 5.18. The lowest BCUT2D eigenvalue weighted by molar-refractivity contribution is 0.140. The molecular formula is C12H15NO5S. The topological polar surface area (TPSA) is 83.9 Å². The molecular weight excluding hydrogens is 270 g/mol. The van der Waals surface area contributed by atoms with Gasteiger partial charge in [-0.25, -0.2) is 4.79 Å². The number of carboxylic acid groups (broad SMARTS) is 1. The van der Waals surface area contributed by atoms with Crippen molar-refractivity contribution < 1.29 is 22.5 Å². The van der Waals surface area contributed by atoms with Crippen molar-refractivity contribution in [3.05, 3.63) is 34.9 Å². The Labute approximate surface area is 111 Å². The molecule has 0 aromatic heterocycles. The summed E-state index contributed by atoms with van der Waals surface area (Å²) in [5.41, 5.74) is 2.72. The molecule has 1 N–H and O–H groups in total. The summed E-state index contributed by atoms with van der Waals surface area (Å²) in [6.45, 7) is 0.790. The zero-order valence-electron chi connectivity index (χ0n) is 10.5. The molecule has 6 nitrogen and oxygen atoms in total. The number of rotatable bonds is 3. The maximum Gasteiger partial charge on any atom is 0.407 e. The highest BCUT2D eigenvalue weighted by Crippen LogP contribution is 2.21. The van der Waals surface area contributed by atoms with Gasteiger partial charge in [0.25, 0.3) is 10.1 Å². The monoisotopic (exact) mass is 285 g/mol. The maximum absolute atomic E-state index is 10.9. The van der Waals surface area contributed by atoms with E-state index < -0.39 is 16.2 Å². The number of benzene rings is 1. The molecule has 0 radical (unpaired) electrons. The molecule has 1 aromatic carbocycles. The van der Waals surface area contributed by atoms with Crippen LogP contribution in [0.5, 0.6) is 0 Å². The van der Waals surface area contributed by atoms with Crippen LogP contribution in [0.2, 0.25) is 0 Å². The number of hydrogen-bond acceptors (Lipinski definition) is 4. The Morgan fingerprint density at radius 2 is 2.16 bits per heavy atom. The van der Waals surface area contributed by atoms with Crippen LogP contribution in [0.4, 0.5) is 4.79 Å². The van der Waals surface area contributed by atoms with Crippen LogP contribution in [-0.2, 0) is 33.9 Å². The average Bonchev–Trinajstić information content (AvgIpc) is 2.34. The minimum Gasteiger partial charge on any atom is -0.465 e. The van der Waals surface area contributed by atoms with Crippen molar-refractivity contribution in [3.63, 3.8) is 0 Å². The fourth-order valence-corrected chi connectivity index (χ4v) is 2.39. The molecule has 1 aliphatic heterocycles. The van der Waals surface area contributed by atoms with Crippen molar-refractivity contribution >= 4 is 16.2 Å². The zero-order chi connectivity index (χ0) is 14.0. The van der Waals surface area contributed by atoms with Gasteiger partial charge in [0.15, 0.2) is 0 Å². The van der Waals surface area contributed by atoms with Gasteiger partial charge in [0.2, 0.25) is 0 Å². The molecule has 0 spiro atoms. The average molecular weight is 285 g/mol. The minimum atomic E-state index is -3.47. The van der Waals surface area contributed by atoms with Gasteiger partial charge < -0.3 is 10.0 Å². The SMILES string of the molecule is CS(=O)(=O)OCc1ccc2c(c1)CN(C(=O)O)CC2. The smallest absolute Gasteiger partial charge is 0.407 e. The summed E-state index contributed by atoms with van der Waals surface area (Å²) in [5, 5.41) is 8.97. The van der Waals surface area contributed by atoms with E-state index in [9.17, 15) is 13.2 Å². The van der Waals surface area contributed by atoms with Crippen molar-refractivity contribution in [1.82, 2.24) is 4.90 Å². The Morgan fingerprint density at radius 1 is 1.42 bits per heavy atom. The van der Waals surface area contributed by atoms with E-state index in [1.165, 1.54) is 4.90 Å². The van der Waals surface area contributed by atoms with Crippen molar-refractivity contribution in [2.24, 2.45) is 0 Å². The van der Waals surface area contributed by atoms with E-state index in [1.54, 1.807) is 12.1 Å². The highest BCUT2D eigenvalue weighted by atomic mass is 32.2. The van der Waals surface area contributed by atoms with E-state index in [-0.39, 0.29) is 6.61 Å². The molecule has 0 fully saturated rings. The Balaban J connectivity index is 2.14. The lowest BCUT2D eigenvalue weighted by Gasteiger charge is -2.26. The molecule has 1 heterocycles. The van der Waals surface area contributed by atoms with Crippen LogP contribution >= 0.6 is 0 Å². The summed E-state index contributed by atoms with van der Waals surface area (Å²) < 4.78 is 26.6. The molecule has 0 saturated heterocycles. The van der Waals surface area contributed by atoms with Crippen LogP contribution in [0, 0.1) is 0 Å². The Morgan fingerprint density at radius 3 is 2.79 bits per heavy atom. The normalized spacial score (nSPS) is 15.1. The molecule has 1 aliphatic rings. The van der Waals surface area contributed by atoms with Gasteiger partial charge in [-0.05, 0) is 23.1 Å². The van der Waals surface area contributed by atoms with Crippen LogP contribution < -0.4 is 0 Å². The molecule has 0 unspecified atom stereocenters. The maximum atomic E-state index is 10.9. The van der Waals surface area contributed by atoms with Crippen LogP contribution in [0.25, 0.3) is 0 Å². The molecule has 0 aliphatic carbocycles. The van der Waals surface area contributed by atoms with Gasteiger partial charge in [0.1, 0.15) is 0 Å². The Hall–Kier alpha value is -1.60. The standard InChI is InChI=1S/C12H15NO5S/c1-19(16,17)18-8-9-2-3-10-4-5-13(12(14)15)7-11(10)6-9/h2-3,6H,4-5,7-8H2,1H3,(H,14,15). The van der Waals surface area contributed by atoms with Gasteiger partial charge in [-0.15, -0.1) is 0 Å². The van der Waals surface area contributed by atoms with Crippen LogP contribution in [0.3, 0.4) is 0 Å². The molecule has 0 atom stereocenters. The molecule has 0 saturated carbocycles. The lowest BCUT2D eigenvalue weighted by atomic mass is 9.98. The summed E-state index contributed by atoms with van der Waals surface area (Å²) in [6.07, 6.45) is 0.732. The molecule has 1 aromatic rings. The highest BCUT2D eigenvalue weighted by molar-refractivity contribution is 7.85. The molecule has 19 heavy (non-hydrogen) atoms. The Kier molecular flexibility index (Phi) is 3.77. The van der Waals surface area contributed by atoms with E-state index in [0.717, 1.165) is 22.9 Å². The zero-order valence-corrected chi connectivity index (χ0v) is 11.3. The molecule has 1 amide bonds. The van der Waals surface area contributed by atoms with Crippen molar-refractivity contribution in [2.45, 2.75) is 19.6 Å². The Bertz CT molecular complexity index is 596. The van der Waals surface area contributed by atoms with Gasteiger partial charge in [0, 0.05) is 13.1 Å². The number of amides is 1. The number of carbonyl (C=O) groups is 1. The predicted octanol–water partition coefficient (Wildman–Crippen LogP) is 1.20. The van der Waals surface area contributed by atoms with Crippen LogP contribution in [0.15, 0.2) is 18.2 Å². The summed E-state index contributed by atoms with van der Waals surface area (Å²) in [4.78, 5) is 12.3. The fourth-order valence-electron chi connectivity index (χ4n) is 2.04. The minimum absolute atomic E-state index is 0.0286. The first kappa shape index (κ1) is 13.8. The predicted molar refractivity (Wildman–Crippen MR) is 68.2 cm³/mol. The van der Waals surface area contributed by atoms with Crippen molar-refractivity contribution in [3.8, 4) is 0 Å². The third-order valence-corrected chi connectivity index (χ3v) is 3.54. The lowest BCUT2D eigenvalue weighted by Crippen LogP contribution is -2.34. The second-order valence-electron chi connectivity index (χ2n) is 4.52. The largest absolute Gasteiger partial charge is 0.465 e. The number of hydrogen-bond donors (Lipinski definition) is 1. The van der Waals surface area contributed by atoms with Gasteiger partial charge in [-0.2, -0.15) is 8.42 Å². The summed E-state index contributed by atoms with van der Waals surface area (Å²) in [7, 11) is -3.47. The summed E-state index contributed by atoms with van der Waals surface area (Å²) in [5.74, 6) is 0. The summed E-state index contributed by atoms with van der Waals surface area (Å²) in [6, 6.07) is 5.51. The van der Waals surface area contributed by atoms with E-state index in [1.807, 2.05) is 6.07 Å². The molecule has 104 valence electrons. The first-order valence-electron chi connectivity index (χ1n) is 5.78. The third kappa shape index (κ3) is 3.68. The van der Waals surface area contributed by atoms with Crippen molar-refractivity contribution in [2.75, 3.05) is 12.8 Å². The van der Waals surface area contributed by atoms with E-state index >= 15 is 0 Å². The molecule has 0 bridgehead atoms. The van der Waals surface area contributed by atoms with Gasteiger partial charge >= 0.3 is 6.09 Å². The molecule has 7 heteroatoms. The second-order valence-corrected chi connectivity index (χ2v) is 6.17. The van der Waals surface area contributed by atoms with Gasteiger partial charge in [-0.3, -0.25) is 4.18 Å². The van der Waals surface area contributed by atoms with Gasteiger partial charge in [0.05, 0.1) is 12.9 Å². The first-order chi connectivity index (χ1) is 8.85. The van der Waals surface area contributed by atoms with E-state index in [0.29, 0.717) is 19.5 Å². The molecule has 2 rings (SSSR count). The summed E-state index contributed by atoms with van der Waals surface area (Å²) >= 11 is 0. The van der Waals surface area contributed by atoms with Crippen molar-refractivity contribution in [1.29, 1.82) is 0 Å². The van der Waals surface area contributed by atoms with Crippen LogP contribution in [0.1, 0.15) is 16.7 Å². The van der Waals surface area contributed by atoms with E-state index in [2.05, 4.69) is 0 Å². The number of nitrogens with zero attached hydrogens (tertiary/aromatic N) is 1. The first-order valence-corrected chi connectivity index (χ1v) is 7.60. The quantitative estimate of drug-likeness (QED) is 0.844.